The molecule has 24 heavy (non-hydrogen) atoms. The van der Waals surface area contributed by atoms with E-state index in [4.69, 9.17) is 0 Å². The number of likely N-dealkylation sites (tertiary alicyclic amines) is 1. The number of hydrogen-bond acceptors (Lipinski definition) is 2. The van der Waals surface area contributed by atoms with Gasteiger partial charge in [0.2, 0.25) is 0 Å². The Balaban J connectivity index is 1.47. The van der Waals surface area contributed by atoms with E-state index in [1.807, 2.05) is 0 Å². The molecule has 2 aromatic carbocycles. The number of fused-ring (bicyclic) bond motifs is 1. The first kappa shape index (κ1) is 15.7. The lowest BCUT2D eigenvalue weighted by atomic mass is 9.75. The Hall–Kier alpha value is -1.80. The maximum atomic E-state index is 3.84. The monoisotopic (exact) mass is 320 g/mol. The highest BCUT2D eigenvalue weighted by molar-refractivity contribution is 5.43. The summed E-state index contributed by atoms with van der Waals surface area (Å²) in [5.74, 6) is 0.788. The number of piperidine rings is 1. The molecule has 3 unspecified atom stereocenters. The zero-order chi connectivity index (χ0) is 16.2. The minimum absolute atomic E-state index is 0.629. The molecule has 1 aliphatic heterocycles. The van der Waals surface area contributed by atoms with Crippen molar-refractivity contribution in [1.29, 1.82) is 0 Å². The maximum Gasteiger partial charge on any atom is 0.0342 e. The van der Waals surface area contributed by atoms with E-state index >= 15 is 0 Å². The van der Waals surface area contributed by atoms with Crippen LogP contribution >= 0.6 is 0 Å². The third-order valence-electron chi connectivity index (χ3n) is 5.85. The highest BCUT2D eigenvalue weighted by Crippen LogP contribution is 2.37. The number of hydrogen-bond donors (Lipinski definition) is 1. The van der Waals surface area contributed by atoms with Crippen LogP contribution in [0.4, 0.5) is 5.69 Å². The topological polar surface area (TPSA) is 15.3 Å². The van der Waals surface area contributed by atoms with Gasteiger partial charge in [0, 0.05) is 30.9 Å². The summed E-state index contributed by atoms with van der Waals surface area (Å²) >= 11 is 0. The molecule has 0 spiro atoms. The number of rotatable bonds is 4. The summed E-state index contributed by atoms with van der Waals surface area (Å²) in [6, 6.07) is 23.1. The van der Waals surface area contributed by atoms with Crippen molar-refractivity contribution in [3.8, 4) is 0 Å². The Kier molecular flexibility index (Phi) is 4.84. The van der Waals surface area contributed by atoms with Crippen LogP contribution in [0, 0.1) is 5.92 Å². The molecule has 2 aromatic rings. The zero-order valence-electron chi connectivity index (χ0n) is 14.4. The molecule has 0 aromatic heterocycles. The first-order chi connectivity index (χ1) is 11.9. The van der Waals surface area contributed by atoms with Gasteiger partial charge in [0.1, 0.15) is 0 Å². The zero-order valence-corrected chi connectivity index (χ0v) is 14.4. The normalized spacial score (nSPS) is 27.4. The lowest BCUT2D eigenvalue weighted by Crippen LogP contribution is -2.54. The molecule has 1 aliphatic carbocycles. The molecule has 0 amide bonds. The van der Waals surface area contributed by atoms with E-state index in [1.54, 1.807) is 0 Å². The van der Waals surface area contributed by atoms with Crippen LogP contribution in [0.1, 0.15) is 37.7 Å². The van der Waals surface area contributed by atoms with Gasteiger partial charge in [-0.25, -0.2) is 0 Å². The molecule has 126 valence electrons. The van der Waals surface area contributed by atoms with Gasteiger partial charge < -0.3 is 5.32 Å². The predicted octanol–water partition coefficient (Wildman–Crippen LogP) is 4.93. The first-order valence-corrected chi connectivity index (χ1v) is 9.50. The van der Waals surface area contributed by atoms with Crippen LogP contribution in [-0.4, -0.2) is 23.5 Å². The molecule has 0 radical (unpaired) electrons. The maximum absolute atomic E-state index is 3.84. The highest BCUT2D eigenvalue weighted by Gasteiger charge is 2.39. The van der Waals surface area contributed by atoms with Gasteiger partial charge in [0.15, 0.2) is 0 Å². The molecule has 1 N–H and O–H groups in total. The SMILES string of the molecule is c1ccc(CN2CCC(Nc3ccccc3)C3CCCCC32)cc1. The van der Waals surface area contributed by atoms with Crippen molar-refractivity contribution in [2.24, 2.45) is 5.92 Å². The van der Waals surface area contributed by atoms with E-state index in [0.717, 1.165) is 18.5 Å². The summed E-state index contributed by atoms with van der Waals surface area (Å²) in [5, 5.41) is 3.84. The Morgan fingerprint density at radius 3 is 2.33 bits per heavy atom. The van der Waals surface area contributed by atoms with Crippen LogP contribution in [0.5, 0.6) is 0 Å². The van der Waals surface area contributed by atoms with E-state index in [0.29, 0.717) is 6.04 Å². The molecule has 1 saturated heterocycles. The van der Waals surface area contributed by atoms with Crippen molar-refractivity contribution < 1.29 is 0 Å². The summed E-state index contributed by atoms with van der Waals surface area (Å²) in [7, 11) is 0. The second-order valence-electron chi connectivity index (χ2n) is 7.38. The molecule has 2 heteroatoms. The summed E-state index contributed by atoms with van der Waals surface area (Å²) in [4.78, 5) is 2.75. The van der Waals surface area contributed by atoms with Crippen molar-refractivity contribution >= 4 is 5.69 Å². The van der Waals surface area contributed by atoms with Gasteiger partial charge in [-0.05, 0) is 42.9 Å². The molecule has 2 nitrogen and oxygen atoms in total. The fourth-order valence-electron chi connectivity index (χ4n) is 4.69. The van der Waals surface area contributed by atoms with E-state index in [2.05, 4.69) is 70.9 Å². The molecule has 1 saturated carbocycles. The number of nitrogens with one attached hydrogen (secondary N) is 1. The van der Waals surface area contributed by atoms with E-state index in [1.165, 1.54) is 49.9 Å². The van der Waals surface area contributed by atoms with Crippen LogP contribution < -0.4 is 5.32 Å². The van der Waals surface area contributed by atoms with Crippen molar-refractivity contribution in [3.63, 3.8) is 0 Å². The van der Waals surface area contributed by atoms with Crippen LogP contribution in [0.2, 0.25) is 0 Å². The van der Waals surface area contributed by atoms with Crippen molar-refractivity contribution in [2.45, 2.75) is 50.7 Å². The van der Waals surface area contributed by atoms with Gasteiger partial charge >= 0.3 is 0 Å². The fraction of sp³-hybridized carbons (Fsp3) is 0.455. The molecular formula is C22H28N2. The minimum Gasteiger partial charge on any atom is -0.382 e. The second-order valence-corrected chi connectivity index (χ2v) is 7.38. The van der Waals surface area contributed by atoms with Gasteiger partial charge in [-0.1, -0.05) is 61.4 Å². The van der Waals surface area contributed by atoms with E-state index < -0.39 is 0 Å². The van der Waals surface area contributed by atoms with Gasteiger partial charge in [-0.15, -0.1) is 0 Å². The number of anilines is 1. The van der Waals surface area contributed by atoms with Crippen molar-refractivity contribution in [1.82, 2.24) is 4.90 Å². The molecule has 4 rings (SSSR count). The molecule has 3 atom stereocenters. The smallest absolute Gasteiger partial charge is 0.0342 e. The summed E-state index contributed by atoms with van der Waals surface area (Å²) in [5.41, 5.74) is 2.74. The van der Waals surface area contributed by atoms with Crippen LogP contribution in [0.25, 0.3) is 0 Å². The molecule has 2 aliphatic rings. The third-order valence-corrected chi connectivity index (χ3v) is 5.85. The van der Waals surface area contributed by atoms with Gasteiger partial charge in [0.05, 0.1) is 0 Å². The fourth-order valence-corrected chi connectivity index (χ4v) is 4.69. The lowest BCUT2D eigenvalue weighted by molar-refractivity contribution is 0.0461. The highest BCUT2D eigenvalue weighted by atomic mass is 15.2. The standard InChI is InChI=1S/C22H28N2/c1-3-9-18(10-4-1)17-24-16-15-21(20-13-7-8-14-22(20)24)23-19-11-5-2-6-12-19/h1-6,9-12,20-23H,7-8,13-17H2. The lowest BCUT2D eigenvalue weighted by Gasteiger charge is -2.48. The molecule has 0 bridgehead atoms. The average Bonchev–Trinajstić information content (AvgIpc) is 2.65. The molecule has 1 heterocycles. The second kappa shape index (κ2) is 7.40. The summed E-state index contributed by atoms with van der Waals surface area (Å²) in [6.45, 7) is 2.32. The molecule has 2 fully saturated rings. The van der Waals surface area contributed by atoms with Crippen LogP contribution in [-0.2, 0) is 6.54 Å². The predicted molar refractivity (Wildman–Crippen MR) is 101 cm³/mol. The van der Waals surface area contributed by atoms with Gasteiger partial charge in [0.25, 0.3) is 0 Å². The minimum atomic E-state index is 0.629. The molecular weight excluding hydrogens is 292 g/mol. The van der Waals surface area contributed by atoms with E-state index in [9.17, 15) is 0 Å². The summed E-state index contributed by atoms with van der Waals surface area (Å²) < 4.78 is 0. The Morgan fingerprint density at radius 2 is 1.54 bits per heavy atom. The van der Waals surface area contributed by atoms with Crippen LogP contribution in [0.15, 0.2) is 60.7 Å². The number of para-hydroxylation sites is 1. The van der Waals surface area contributed by atoms with Gasteiger partial charge in [-0.3, -0.25) is 4.90 Å². The Morgan fingerprint density at radius 1 is 0.833 bits per heavy atom. The van der Waals surface area contributed by atoms with Crippen molar-refractivity contribution in [2.75, 3.05) is 11.9 Å². The van der Waals surface area contributed by atoms with E-state index in [-0.39, 0.29) is 0 Å². The number of nitrogens with zero attached hydrogens (tertiary/aromatic N) is 1. The third kappa shape index (κ3) is 3.49. The van der Waals surface area contributed by atoms with Crippen LogP contribution in [0.3, 0.4) is 0 Å². The van der Waals surface area contributed by atoms with Crippen molar-refractivity contribution in [3.05, 3.63) is 66.2 Å². The first-order valence-electron chi connectivity index (χ1n) is 9.50. The average molecular weight is 320 g/mol. The summed E-state index contributed by atoms with van der Waals surface area (Å²) in [6.07, 6.45) is 6.78. The Bertz CT molecular complexity index is 567. The Labute approximate surface area is 145 Å². The van der Waals surface area contributed by atoms with Gasteiger partial charge in [-0.2, -0.15) is 0 Å². The quantitative estimate of drug-likeness (QED) is 0.859. The number of benzene rings is 2. The largest absolute Gasteiger partial charge is 0.382 e.